The Hall–Kier alpha value is 1.06. The van der Waals surface area contributed by atoms with E-state index in [1.807, 2.05) is 0 Å². The molecule has 0 atom stereocenters. The first-order valence-electron chi connectivity index (χ1n) is 1.53. The van der Waals surface area contributed by atoms with Crippen LogP contribution in [0.5, 0.6) is 0 Å². The second kappa shape index (κ2) is 4.18. The number of hydrogen-bond donors (Lipinski definition) is 5. The van der Waals surface area contributed by atoms with Gasteiger partial charge >= 0.3 is 13.4 Å². The molecular formula is H7NO5P2S2. The molecule has 0 aliphatic heterocycles. The van der Waals surface area contributed by atoms with Crippen LogP contribution in [0, 0.1) is 0 Å². The second-order valence-corrected chi connectivity index (χ2v) is 6.53. The predicted octanol–water partition coefficient (Wildman–Crippen LogP) is -0.417. The molecule has 0 aliphatic rings. The summed E-state index contributed by atoms with van der Waals surface area (Å²) in [6, 6.07) is 0. The van der Waals surface area contributed by atoms with Gasteiger partial charge in [-0.25, -0.2) is 4.31 Å². The average Bonchev–Trinajstić information content (AvgIpc) is 1.14. The lowest BCUT2D eigenvalue weighted by molar-refractivity contribution is 0.319. The molecule has 0 amide bonds. The number of rotatable bonds is 2. The highest BCUT2D eigenvalue weighted by Crippen LogP contribution is 2.54. The molecule has 0 radical (unpaired) electrons. The minimum atomic E-state index is -4.01. The highest BCUT2D eigenvalue weighted by molar-refractivity contribution is 8.13. The van der Waals surface area contributed by atoms with Crippen molar-refractivity contribution in [2.75, 3.05) is 0 Å². The summed E-state index contributed by atoms with van der Waals surface area (Å²) in [5.41, 5.74) is 0. The Bertz CT molecular complexity index is 158. The zero-order valence-corrected chi connectivity index (χ0v) is 8.04. The Balaban J connectivity index is 0. The minimum Gasteiger partial charge on any atom is -0.344 e. The topological polar surface area (TPSA) is 125 Å². The van der Waals surface area contributed by atoms with Gasteiger partial charge in [0.1, 0.15) is 0 Å². The lowest BCUT2D eigenvalue weighted by Gasteiger charge is -2.10. The van der Waals surface area contributed by atoms with Crippen LogP contribution in [-0.2, 0) is 27.9 Å². The fourth-order valence-corrected chi connectivity index (χ4v) is 3.30. The van der Waals surface area contributed by atoms with E-state index in [-0.39, 0.29) is 6.15 Å². The standard InChI is InChI=1S/H3N.H4O5P2S2/c;1-6(2,8)5-7(3,4)9/h1H3;(H2,1,2,8)(H2,3,4,9). The Morgan fingerprint density at radius 1 is 0.900 bits per heavy atom. The van der Waals surface area contributed by atoms with Crippen LogP contribution in [0.4, 0.5) is 0 Å². The van der Waals surface area contributed by atoms with Gasteiger partial charge in [0.05, 0.1) is 0 Å². The summed E-state index contributed by atoms with van der Waals surface area (Å²) in [6.45, 7) is -8.02. The lowest BCUT2D eigenvalue weighted by atomic mass is 14.0. The zero-order chi connectivity index (χ0) is 7.71. The lowest BCUT2D eigenvalue weighted by Crippen LogP contribution is -1.83. The van der Waals surface area contributed by atoms with Gasteiger partial charge in [-0.1, -0.05) is 0 Å². The molecule has 6 nitrogen and oxygen atoms in total. The fraction of sp³-hybridized carbons (Fsp3) is 0. The molecule has 0 aromatic rings. The van der Waals surface area contributed by atoms with Crippen molar-refractivity contribution in [2.24, 2.45) is 0 Å². The normalized spacial score (nSPS) is 12.4. The Kier molecular flexibility index (Phi) is 5.70. The number of hydrogen-bond acceptors (Lipinski definition) is 4. The Morgan fingerprint density at radius 3 is 1.10 bits per heavy atom. The monoisotopic (exact) mass is 227 g/mol. The molecule has 0 bridgehead atoms. The Morgan fingerprint density at radius 2 is 1.10 bits per heavy atom. The van der Waals surface area contributed by atoms with Crippen LogP contribution in [0.25, 0.3) is 0 Å². The molecule has 10 heteroatoms. The summed E-state index contributed by atoms with van der Waals surface area (Å²) in [5, 5.41) is 0. The molecular weight excluding hydrogens is 220 g/mol. The molecule has 0 aromatic carbocycles. The fourth-order valence-electron chi connectivity index (χ4n) is 0.139. The first-order chi connectivity index (χ1) is 3.71. The van der Waals surface area contributed by atoms with Gasteiger partial charge in [0.15, 0.2) is 0 Å². The van der Waals surface area contributed by atoms with Crippen LogP contribution in [-0.4, -0.2) is 19.6 Å². The molecule has 64 valence electrons. The third kappa shape index (κ3) is 11.8. The van der Waals surface area contributed by atoms with Crippen LogP contribution >= 0.6 is 13.4 Å². The van der Waals surface area contributed by atoms with Crippen molar-refractivity contribution in [2.45, 2.75) is 0 Å². The van der Waals surface area contributed by atoms with Crippen LogP contribution in [0.1, 0.15) is 0 Å². The van der Waals surface area contributed by atoms with Gasteiger partial charge in [-0.2, -0.15) is 0 Å². The third-order valence-electron chi connectivity index (χ3n) is 0.213. The molecule has 0 saturated heterocycles. The van der Waals surface area contributed by atoms with Crippen LogP contribution < -0.4 is 6.15 Å². The van der Waals surface area contributed by atoms with E-state index in [2.05, 4.69) is 27.9 Å². The van der Waals surface area contributed by atoms with Gasteiger partial charge in [0, 0.05) is 0 Å². The van der Waals surface area contributed by atoms with Gasteiger partial charge in [0.25, 0.3) is 0 Å². The van der Waals surface area contributed by atoms with Crippen molar-refractivity contribution in [3.05, 3.63) is 0 Å². The molecule has 0 aromatic heterocycles. The molecule has 0 rings (SSSR count). The quantitative estimate of drug-likeness (QED) is 0.403. The molecule has 0 aliphatic carbocycles. The smallest absolute Gasteiger partial charge is 0.329 e. The van der Waals surface area contributed by atoms with Crippen molar-refractivity contribution in [3.8, 4) is 0 Å². The maximum absolute atomic E-state index is 8.25. The van der Waals surface area contributed by atoms with Gasteiger partial charge in [-0.15, -0.1) is 0 Å². The van der Waals surface area contributed by atoms with E-state index in [1.54, 1.807) is 0 Å². The van der Waals surface area contributed by atoms with Crippen molar-refractivity contribution in [3.63, 3.8) is 0 Å². The van der Waals surface area contributed by atoms with Crippen molar-refractivity contribution >= 4 is 37.1 Å². The third-order valence-corrected chi connectivity index (χ3v) is 3.11. The summed E-state index contributed by atoms with van der Waals surface area (Å²) >= 11 is 7.75. The summed E-state index contributed by atoms with van der Waals surface area (Å²) < 4.78 is 3.70. The van der Waals surface area contributed by atoms with Gasteiger partial charge in [-0.05, 0) is 23.6 Å². The van der Waals surface area contributed by atoms with Crippen LogP contribution in [0.15, 0.2) is 0 Å². The first-order valence-corrected chi connectivity index (χ1v) is 6.78. The summed E-state index contributed by atoms with van der Waals surface area (Å²) in [7, 11) is 0. The summed E-state index contributed by atoms with van der Waals surface area (Å²) in [4.78, 5) is 33.0. The molecule has 0 heterocycles. The van der Waals surface area contributed by atoms with Crippen molar-refractivity contribution in [1.82, 2.24) is 6.15 Å². The van der Waals surface area contributed by atoms with Gasteiger partial charge in [-0.3, -0.25) is 0 Å². The highest BCUT2D eigenvalue weighted by atomic mass is 32.5. The molecule has 0 fully saturated rings. The Labute approximate surface area is 67.6 Å². The van der Waals surface area contributed by atoms with E-state index in [0.717, 1.165) is 0 Å². The largest absolute Gasteiger partial charge is 0.344 e. The van der Waals surface area contributed by atoms with E-state index in [1.165, 1.54) is 0 Å². The second-order valence-electron chi connectivity index (χ2n) is 1.06. The van der Waals surface area contributed by atoms with Crippen LogP contribution in [0.3, 0.4) is 0 Å². The van der Waals surface area contributed by atoms with E-state index < -0.39 is 13.4 Å². The maximum Gasteiger partial charge on any atom is 0.329 e. The molecule has 10 heavy (non-hydrogen) atoms. The van der Waals surface area contributed by atoms with Crippen molar-refractivity contribution in [1.29, 1.82) is 0 Å². The van der Waals surface area contributed by atoms with Crippen LogP contribution in [0.2, 0.25) is 0 Å². The van der Waals surface area contributed by atoms with E-state index >= 15 is 0 Å². The molecule has 0 unspecified atom stereocenters. The SMILES string of the molecule is N.OP(O)(=S)OP(O)(O)=S. The van der Waals surface area contributed by atoms with Gasteiger partial charge < -0.3 is 25.7 Å². The molecule has 0 spiro atoms. The summed E-state index contributed by atoms with van der Waals surface area (Å²) in [5.74, 6) is 0. The summed E-state index contributed by atoms with van der Waals surface area (Å²) in [6.07, 6.45) is 0. The first kappa shape index (κ1) is 13.6. The highest BCUT2D eigenvalue weighted by Gasteiger charge is 2.19. The average molecular weight is 227 g/mol. The van der Waals surface area contributed by atoms with Crippen molar-refractivity contribution < 1.29 is 23.9 Å². The van der Waals surface area contributed by atoms with E-state index in [9.17, 15) is 0 Å². The molecule has 7 N–H and O–H groups in total. The van der Waals surface area contributed by atoms with E-state index in [0.29, 0.717) is 0 Å². The predicted molar refractivity (Wildman–Crippen MR) is 43.6 cm³/mol. The van der Waals surface area contributed by atoms with Gasteiger partial charge in [0.2, 0.25) is 0 Å². The zero-order valence-electron chi connectivity index (χ0n) is 4.62. The maximum atomic E-state index is 8.25. The minimum absolute atomic E-state index is 0. The van der Waals surface area contributed by atoms with E-state index in [4.69, 9.17) is 19.6 Å². The molecule has 0 saturated carbocycles.